The Morgan fingerprint density at radius 2 is 1.66 bits per heavy atom. The lowest BCUT2D eigenvalue weighted by Crippen LogP contribution is -2.54. The van der Waals surface area contributed by atoms with Crippen LogP contribution in [0.3, 0.4) is 0 Å². The lowest BCUT2D eigenvalue weighted by molar-refractivity contribution is -0.138. The van der Waals surface area contributed by atoms with Gasteiger partial charge in [-0.2, -0.15) is 0 Å². The van der Waals surface area contributed by atoms with Crippen molar-refractivity contribution in [2.75, 3.05) is 14.1 Å². The highest BCUT2D eigenvalue weighted by atomic mass is 32.1. The Kier molecular flexibility index (Phi) is 11.2. The SMILES string of the molecule is CC(C)[C@@H](NC(=O)[C@@H](CC(=S)N[C@@H]1CCCC[C@H]1NCc1ccccc1)C(C)(C)C)C(=O)N(C)C. The van der Waals surface area contributed by atoms with E-state index in [9.17, 15) is 9.59 Å². The quantitative estimate of drug-likeness (QED) is 0.417. The van der Waals surface area contributed by atoms with Gasteiger partial charge in [-0.15, -0.1) is 0 Å². The maximum atomic E-state index is 13.4. The molecule has 196 valence electrons. The van der Waals surface area contributed by atoms with Crippen molar-refractivity contribution >= 4 is 29.0 Å². The highest BCUT2D eigenvalue weighted by molar-refractivity contribution is 7.80. The first-order chi connectivity index (χ1) is 16.4. The van der Waals surface area contributed by atoms with Crippen LogP contribution in [0.5, 0.6) is 0 Å². The third-order valence-corrected chi connectivity index (χ3v) is 7.23. The third-order valence-electron chi connectivity index (χ3n) is 6.95. The fourth-order valence-corrected chi connectivity index (χ4v) is 5.00. The molecule has 4 atom stereocenters. The Balaban J connectivity index is 2.03. The van der Waals surface area contributed by atoms with E-state index in [4.69, 9.17) is 12.2 Å². The van der Waals surface area contributed by atoms with E-state index in [2.05, 4.69) is 61.0 Å². The number of amides is 2. The van der Waals surface area contributed by atoms with E-state index in [0.717, 1.165) is 24.4 Å². The summed E-state index contributed by atoms with van der Waals surface area (Å²) >= 11 is 5.79. The van der Waals surface area contributed by atoms with Gasteiger partial charge in [0.2, 0.25) is 11.8 Å². The summed E-state index contributed by atoms with van der Waals surface area (Å²) in [4.78, 5) is 28.3. The fraction of sp³-hybridized carbons (Fsp3) is 0.679. The number of carbonyl (C=O) groups is 2. The highest BCUT2D eigenvalue weighted by Gasteiger charge is 2.36. The average Bonchev–Trinajstić information content (AvgIpc) is 2.79. The maximum absolute atomic E-state index is 13.4. The Labute approximate surface area is 218 Å². The van der Waals surface area contributed by atoms with Gasteiger partial charge in [-0.05, 0) is 29.7 Å². The predicted molar refractivity (Wildman–Crippen MR) is 148 cm³/mol. The van der Waals surface area contributed by atoms with Crippen LogP contribution in [0.25, 0.3) is 0 Å². The normalized spacial score (nSPS) is 20.1. The van der Waals surface area contributed by atoms with Crippen molar-refractivity contribution in [1.29, 1.82) is 0 Å². The van der Waals surface area contributed by atoms with Crippen LogP contribution in [0.2, 0.25) is 0 Å². The molecule has 0 radical (unpaired) electrons. The number of thiocarbonyl (C=S) groups is 1. The Morgan fingerprint density at radius 3 is 2.20 bits per heavy atom. The standard InChI is InChI=1S/C28H46N4O2S/c1-19(2)25(27(34)32(6)7)31-26(33)21(28(3,4)5)17-24(35)30-23-16-12-11-15-22(23)29-18-20-13-9-8-10-14-20/h8-10,13-14,19,21-23,25,29H,11-12,15-18H2,1-7H3,(H,30,35)(H,31,33)/t21-,22-,23-,25-/m1/s1. The van der Waals surface area contributed by atoms with Crippen molar-refractivity contribution in [3.8, 4) is 0 Å². The van der Waals surface area contributed by atoms with E-state index in [1.165, 1.54) is 23.3 Å². The van der Waals surface area contributed by atoms with Gasteiger partial charge in [0.05, 0.1) is 4.99 Å². The zero-order valence-electron chi connectivity index (χ0n) is 22.7. The number of rotatable bonds is 10. The number of nitrogens with one attached hydrogen (secondary N) is 3. The highest BCUT2D eigenvalue weighted by Crippen LogP contribution is 2.30. The molecule has 3 N–H and O–H groups in total. The van der Waals surface area contributed by atoms with Crippen molar-refractivity contribution in [1.82, 2.24) is 20.9 Å². The molecule has 0 heterocycles. The molecule has 0 spiro atoms. The van der Waals surface area contributed by atoms with Crippen LogP contribution in [0.4, 0.5) is 0 Å². The Hall–Kier alpha value is -1.99. The minimum absolute atomic E-state index is 0.00164. The van der Waals surface area contributed by atoms with Crippen LogP contribution in [0.1, 0.15) is 72.3 Å². The predicted octanol–water partition coefficient (Wildman–Crippen LogP) is 4.29. The van der Waals surface area contributed by atoms with Gasteiger partial charge in [0.15, 0.2) is 0 Å². The van der Waals surface area contributed by atoms with Gasteiger partial charge in [0.25, 0.3) is 0 Å². The number of hydrogen-bond acceptors (Lipinski definition) is 4. The molecule has 1 aromatic carbocycles. The zero-order valence-corrected chi connectivity index (χ0v) is 23.5. The topological polar surface area (TPSA) is 73.5 Å². The number of likely N-dealkylation sites (N-methyl/N-ethyl adjacent to an activating group) is 1. The Bertz CT molecular complexity index is 835. The molecule has 2 rings (SSSR count). The second-order valence-electron chi connectivity index (χ2n) is 11.5. The van der Waals surface area contributed by atoms with Gasteiger partial charge in [0.1, 0.15) is 6.04 Å². The lowest BCUT2D eigenvalue weighted by atomic mass is 9.77. The first-order valence-corrected chi connectivity index (χ1v) is 13.4. The van der Waals surface area contributed by atoms with E-state index >= 15 is 0 Å². The summed E-state index contributed by atoms with van der Waals surface area (Å²) in [5, 5.41) is 10.3. The molecular weight excluding hydrogens is 456 g/mol. The van der Waals surface area contributed by atoms with Crippen LogP contribution in [-0.4, -0.2) is 53.9 Å². The number of hydrogen-bond donors (Lipinski definition) is 3. The van der Waals surface area contributed by atoms with Crippen molar-refractivity contribution < 1.29 is 9.59 Å². The number of benzene rings is 1. The molecule has 0 bridgehead atoms. The molecule has 0 aromatic heterocycles. The summed E-state index contributed by atoms with van der Waals surface area (Å²) in [6, 6.07) is 10.5. The minimum Gasteiger partial charge on any atom is -0.375 e. The molecule has 1 aliphatic carbocycles. The molecule has 1 fully saturated rings. The second kappa shape index (κ2) is 13.4. The lowest BCUT2D eigenvalue weighted by Gasteiger charge is -2.36. The second-order valence-corrected chi connectivity index (χ2v) is 12.0. The van der Waals surface area contributed by atoms with E-state index in [-0.39, 0.29) is 35.1 Å². The monoisotopic (exact) mass is 502 g/mol. The van der Waals surface area contributed by atoms with Crippen LogP contribution >= 0.6 is 12.2 Å². The van der Waals surface area contributed by atoms with Crippen LogP contribution in [0, 0.1) is 17.3 Å². The molecule has 1 aliphatic rings. The molecular formula is C28H46N4O2S. The van der Waals surface area contributed by atoms with E-state index in [0.29, 0.717) is 12.5 Å². The number of nitrogens with zero attached hydrogens (tertiary/aromatic N) is 1. The van der Waals surface area contributed by atoms with Gasteiger partial charge in [0, 0.05) is 45.1 Å². The van der Waals surface area contributed by atoms with Crippen LogP contribution in [0.15, 0.2) is 30.3 Å². The first kappa shape index (κ1) is 29.2. The largest absolute Gasteiger partial charge is 0.375 e. The van der Waals surface area contributed by atoms with E-state index in [1.807, 2.05) is 19.9 Å². The summed E-state index contributed by atoms with van der Waals surface area (Å²) in [5.41, 5.74) is 0.978. The maximum Gasteiger partial charge on any atom is 0.244 e. The summed E-state index contributed by atoms with van der Waals surface area (Å²) < 4.78 is 0. The smallest absolute Gasteiger partial charge is 0.244 e. The van der Waals surface area contributed by atoms with Crippen molar-refractivity contribution in [3.05, 3.63) is 35.9 Å². The van der Waals surface area contributed by atoms with Gasteiger partial charge in [-0.3, -0.25) is 9.59 Å². The van der Waals surface area contributed by atoms with Crippen molar-refractivity contribution in [2.45, 2.75) is 91.4 Å². The van der Waals surface area contributed by atoms with E-state index < -0.39 is 6.04 Å². The van der Waals surface area contributed by atoms with Crippen LogP contribution in [-0.2, 0) is 16.1 Å². The molecule has 0 saturated heterocycles. The first-order valence-electron chi connectivity index (χ1n) is 13.0. The fourth-order valence-electron chi connectivity index (χ4n) is 4.68. The molecule has 35 heavy (non-hydrogen) atoms. The van der Waals surface area contributed by atoms with Crippen LogP contribution < -0.4 is 16.0 Å². The zero-order chi connectivity index (χ0) is 26.2. The summed E-state index contributed by atoms with van der Waals surface area (Å²) in [7, 11) is 3.44. The summed E-state index contributed by atoms with van der Waals surface area (Å²) in [6.45, 7) is 10.9. The van der Waals surface area contributed by atoms with Gasteiger partial charge in [-0.25, -0.2) is 0 Å². The molecule has 0 unspecified atom stereocenters. The molecule has 0 aliphatic heterocycles. The van der Waals surface area contributed by atoms with Crippen molar-refractivity contribution in [3.63, 3.8) is 0 Å². The molecule has 6 nitrogen and oxygen atoms in total. The summed E-state index contributed by atoms with van der Waals surface area (Å²) in [5.74, 6) is -0.537. The molecule has 1 aromatic rings. The average molecular weight is 503 g/mol. The summed E-state index contributed by atoms with van der Waals surface area (Å²) in [6.07, 6.45) is 5.02. The van der Waals surface area contributed by atoms with Gasteiger partial charge >= 0.3 is 0 Å². The molecule has 7 heteroatoms. The molecule has 1 saturated carbocycles. The molecule has 2 amide bonds. The van der Waals surface area contributed by atoms with E-state index in [1.54, 1.807) is 14.1 Å². The van der Waals surface area contributed by atoms with Crippen molar-refractivity contribution in [2.24, 2.45) is 17.3 Å². The Morgan fingerprint density at radius 1 is 1.06 bits per heavy atom. The van der Waals surface area contributed by atoms with Gasteiger partial charge in [-0.1, -0.05) is 90.0 Å². The number of carbonyl (C=O) groups excluding carboxylic acids is 2. The third kappa shape index (κ3) is 9.19. The van der Waals surface area contributed by atoms with Gasteiger partial charge < -0.3 is 20.9 Å². The minimum atomic E-state index is -0.547.